The van der Waals surface area contributed by atoms with Crippen LogP contribution in [0.1, 0.15) is 23.7 Å². The van der Waals surface area contributed by atoms with Gasteiger partial charge in [-0.25, -0.2) is 0 Å². The quantitative estimate of drug-likeness (QED) is 0.746. The molecular formula is C16H18N2. The summed E-state index contributed by atoms with van der Waals surface area (Å²) in [6.07, 6.45) is 3.77. The first kappa shape index (κ1) is 12.5. The molecule has 92 valence electrons. The summed E-state index contributed by atoms with van der Waals surface area (Å²) in [5.74, 6) is 0. The lowest BCUT2D eigenvalue weighted by Gasteiger charge is -2.07. The van der Waals surface area contributed by atoms with E-state index in [1.807, 2.05) is 32.3 Å². The Kier molecular flexibility index (Phi) is 3.88. The van der Waals surface area contributed by atoms with Crippen LogP contribution < -0.4 is 0 Å². The topological polar surface area (TPSA) is 25.2 Å². The fourth-order valence-electron chi connectivity index (χ4n) is 1.93. The van der Waals surface area contributed by atoms with Crippen LogP contribution in [0.15, 0.2) is 41.5 Å². The summed E-state index contributed by atoms with van der Waals surface area (Å²) < 4.78 is 0. The first-order valence-corrected chi connectivity index (χ1v) is 6.25. The molecule has 1 aromatic heterocycles. The lowest BCUT2D eigenvalue weighted by molar-refractivity contribution is 1.14. The summed E-state index contributed by atoms with van der Waals surface area (Å²) in [4.78, 5) is 8.66. The maximum atomic E-state index is 4.34. The van der Waals surface area contributed by atoms with Gasteiger partial charge in [0.05, 0.1) is 0 Å². The van der Waals surface area contributed by atoms with E-state index in [0.717, 1.165) is 12.2 Å². The second kappa shape index (κ2) is 5.58. The summed E-state index contributed by atoms with van der Waals surface area (Å²) in [7, 11) is 0. The van der Waals surface area contributed by atoms with Gasteiger partial charge in [0.15, 0.2) is 0 Å². The third-order valence-corrected chi connectivity index (χ3v) is 3.01. The molecule has 1 aromatic carbocycles. The predicted octanol–water partition coefficient (Wildman–Crippen LogP) is 3.80. The summed E-state index contributed by atoms with van der Waals surface area (Å²) in [5.41, 5.74) is 5.86. The molecule has 0 aliphatic rings. The minimum atomic E-state index is 0.815. The van der Waals surface area contributed by atoms with Crippen molar-refractivity contribution in [2.24, 2.45) is 4.99 Å². The van der Waals surface area contributed by atoms with Crippen molar-refractivity contribution >= 4 is 6.21 Å². The first-order chi connectivity index (χ1) is 8.72. The molecule has 1 heterocycles. The molecule has 0 N–H and O–H groups in total. The molecule has 0 aliphatic carbocycles. The second-order valence-corrected chi connectivity index (χ2v) is 4.34. The van der Waals surface area contributed by atoms with E-state index < -0.39 is 0 Å². The molecule has 0 atom stereocenters. The minimum Gasteiger partial charge on any atom is -0.293 e. The monoisotopic (exact) mass is 238 g/mol. The van der Waals surface area contributed by atoms with Crippen molar-refractivity contribution < 1.29 is 0 Å². The van der Waals surface area contributed by atoms with Crippen molar-refractivity contribution in [2.45, 2.75) is 20.8 Å². The number of rotatable bonds is 3. The fraction of sp³-hybridized carbons (Fsp3) is 0.250. The van der Waals surface area contributed by atoms with E-state index in [9.17, 15) is 0 Å². The molecule has 0 fully saturated rings. The molecule has 0 aliphatic heterocycles. The lowest BCUT2D eigenvalue weighted by Crippen LogP contribution is -1.91. The highest BCUT2D eigenvalue weighted by Crippen LogP contribution is 2.23. The third kappa shape index (κ3) is 2.65. The van der Waals surface area contributed by atoms with Gasteiger partial charge in [-0.2, -0.15) is 0 Å². The van der Waals surface area contributed by atoms with Crippen LogP contribution in [0.3, 0.4) is 0 Å². The van der Waals surface area contributed by atoms with Crippen molar-refractivity contribution in [2.75, 3.05) is 6.54 Å². The highest BCUT2D eigenvalue weighted by molar-refractivity contribution is 5.84. The van der Waals surface area contributed by atoms with Crippen LogP contribution in [0, 0.1) is 13.8 Å². The van der Waals surface area contributed by atoms with Crippen LogP contribution in [0.4, 0.5) is 0 Å². The van der Waals surface area contributed by atoms with Crippen molar-refractivity contribution in [3.63, 3.8) is 0 Å². The maximum absolute atomic E-state index is 4.34. The number of benzene rings is 1. The van der Waals surface area contributed by atoms with Crippen LogP contribution >= 0.6 is 0 Å². The Morgan fingerprint density at radius 1 is 1.22 bits per heavy atom. The average molecular weight is 238 g/mol. The summed E-state index contributed by atoms with van der Waals surface area (Å²) in [6, 6.07) is 10.5. The summed E-state index contributed by atoms with van der Waals surface area (Å²) in [5, 5.41) is 0. The van der Waals surface area contributed by atoms with Gasteiger partial charge in [-0.3, -0.25) is 9.98 Å². The van der Waals surface area contributed by atoms with E-state index in [2.05, 4.69) is 41.2 Å². The van der Waals surface area contributed by atoms with Gasteiger partial charge in [0.25, 0.3) is 0 Å². The molecule has 0 saturated heterocycles. The number of hydrogen-bond donors (Lipinski definition) is 0. The molecule has 2 rings (SSSR count). The molecule has 18 heavy (non-hydrogen) atoms. The molecule has 0 unspecified atom stereocenters. The zero-order valence-electron chi connectivity index (χ0n) is 11.1. The van der Waals surface area contributed by atoms with Gasteiger partial charge in [0.2, 0.25) is 0 Å². The van der Waals surface area contributed by atoms with Crippen LogP contribution in [-0.2, 0) is 0 Å². The molecule has 2 heteroatoms. The smallest absolute Gasteiger partial charge is 0.0450 e. The maximum Gasteiger partial charge on any atom is 0.0450 e. The van der Waals surface area contributed by atoms with Crippen molar-refractivity contribution in [1.82, 2.24) is 4.98 Å². The van der Waals surface area contributed by atoms with Gasteiger partial charge in [0, 0.05) is 30.2 Å². The predicted molar refractivity (Wildman–Crippen MR) is 77.3 cm³/mol. The van der Waals surface area contributed by atoms with E-state index in [4.69, 9.17) is 0 Å². The number of aryl methyl sites for hydroxylation is 2. The van der Waals surface area contributed by atoms with Gasteiger partial charge in [0.1, 0.15) is 0 Å². The Morgan fingerprint density at radius 3 is 2.78 bits per heavy atom. The Morgan fingerprint density at radius 2 is 2.06 bits per heavy atom. The first-order valence-electron chi connectivity index (χ1n) is 6.25. The molecule has 0 amide bonds. The standard InChI is InChI=1S/C16H18N2/c1-4-17-11-15-10-14(8-7-12(15)2)16-6-5-9-18-13(16)3/h5-11H,4H2,1-3H3. The number of pyridine rings is 1. The SMILES string of the molecule is CCN=Cc1cc(-c2cccnc2C)ccc1C. The molecule has 0 saturated carbocycles. The third-order valence-electron chi connectivity index (χ3n) is 3.01. The van der Waals surface area contributed by atoms with E-state index in [1.54, 1.807) is 0 Å². The van der Waals surface area contributed by atoms with Gasteiger partial charge >= 0.3 is 0 Å². The molecule has 0 bridgehead atoms. The zero-order valence-corrected chi connectivity index (χ0v) is 11.1. The van der Waals surface area contributed by atoms with E-state index in [1.165, 1.54) is 22.3 Å². The van der Waals surface area contributed by atoms with Gasteiger partial charge in [-0.1, -0.05) is 18.2 Å². The molecular weight excluding hydrogens is 220 g/mol. The highest BCUT2D eigenvalue weighted by atomic mass is 14.7. The number of aliphatic imine (C=N–C) groups is 1. The normalized spacial score (nSPS) is 11.1. The van der Waals surface area contributed by atoms with Gasteiger partial charge in [-0.05, 0) is 49.6 Å². The molecule has 0 radical (unpaired) electrons. The Hall–Kier alpha value is -1.96. The van der Waals surface area contributed by atoms with Crippen LogP contribution in [0.2, 0.25) is 0 Å². The largest absolute Gasteiger partial charge is 0.293 e. The Bertz CT molecular complexity index is 571. The number of aromatic nitrogens is 1. The summed E-state index contributed by atoms with van der Waals surface area (Å²) >= 11 is 0. The van der Waals surface area contributed by atoms with Crippen LogP contribution in [0.25, 0.3) is 11.1 Å². The number of nitrogens with zero attached hydrogens (tertiary/aromatic N) is 2. The minimum absolute atomic E-state index is 0.815. The zero-order chi connectivity index (χ0) is 13.0. The average Bonchev–Trinajstić information content (AvgIpc) is 2.39. The fourth-order valence-corrected chi connectivity index (χ4v) is 1.93. The van der Waals surface area contributed by atoms with Crippen LogP contribution in [0.5, 0.6) is 0 Å². The van der Waals surface area contributed by atoms with Gasteiger partial charge in [-0.15, -0.1) is 0 Å². The lowest BCUT2D eigenvalue weighted by atomic mass is 9.99. The van der Waals surface area contributed by atoms with Crippen molar-refractivity contribution in [3.8, 4) is 11.1 Å². The van der Waals surface area contributed by atoms with E-state index in [-0.39, 0.29) is 0 Å². The number of hydrogen-bond acceptors (Lipinski definition) is 2. The summed E-state index contributed by atoms with van der Waals surface area (Å²) in [6.45, 7) is 7.00. The van der Waals surface area contributed by atoms with Crippen LogP contribution in [-0.4, -0.2) is 17.7 Å². The second-order valence-electron chi connectivity index (χ2n) is 4.34. The molecule has 2 nitrogen and oxygen atoms in total. The molecule has 2 aromatic rings. The van der Waals surface area contributed by atoms with E-state index >= 15 is 0 Å². The Labute approximate surface area is 108 Å². The van der Waals surface area contributed by atoms with Gasteiger partial charge < -0.3 is 0 Å². The van der Waals surface area contributed by atoms with Crippen molar-refractivity contribution in [1.29, 1.82) is 0 Å². The Balaban J connectivity index is 2.47. The van der Waals surface area contributed by atoms with E-state index in [0.29, 0.717) is 0 Å². The molecule has 0 spiro atoms. The van der Waals surface area contributed by atoms with Crippen molar-refractivity contribution in [3.05, 3.63) is 53.3 Å². The highest BCUT2D eigenvalue weighted by Gasteiger charge is 2.04.